The number of nitrogens with zero attached hydrogens (tertiary/aromatic N) is 2. The van der Waals surface area contributed by atoms with Gasteiger partial charge < -0.3 is 10.3 Å². The molecule has 4 heteroatoms. The summed E-state index contributed by atoms with van der Waals surface area (Å²) in [6.07, 6.45) is 1.91. The normalized spacial score (nSPS) is 10.6. The summed E-state index contributed by atoms with van der Waals surface area (Å²) in [5.41, 5.74) is 11.3. The van der Waals surface area contributed by atoms with Gasteiger partial charge in [-0.2, -0.15) is 0 Å². The van der Waals surface area contributed by atoms with Crippen LogP contribution in [-0.2, 0) is 6.54 Å². The van der Waals surface area contributed by atoms with Crippen LogP contribution in [-0.4, -0.2) is 16.1 Å². The van der Waals surface area contributed by atoms with E-state index in [1.807, 2.05) is 6.33 Å². The molecule has 0 unspecified atom stereocenters. The van der Waals surface area contributed by atoms with Crippen molar-refractivity contribution < 1.29 is 0 Å². The summed E-state index contributed by atoms with van der Waals surface area (Å²) < 4.78 is 2.18. The molecule has 0 aliphatic heterocycles. The Kier molecular flexibility index (Phi) is 3.78. The van der Waals surface area contributed by atoms with Crippen molar-refractivity contribution in [1.82, 2.24) is 9.55 Å². The standard InChI is InChI=1S/C17H17N3S/c1-12-8-15-16(9-13(12)2)20(11-19-15)10-17-14(4-3-6-18)5-7-21-17/h5,7-9,11H,6,10,18H2,1-2H3. The van der Waals surface area contributed by atoms with Crippen molar-refractivity contribution in [3.05, 3.63) is 51.5 Å². The third kappa shape index (κ3) is 2.71. The fraction of sp³-hybridized carbons (Fsp3) is 0.235. The zero-order valence-electron chi connectivity index (χ0n) is 12.2. The Morgan fingerprint density at radius 1 is 1.29 bits per heavy atom. The van der Waals surface area contributed by atoms with Crippen molar-refractivity contribution in [3.8, 4) is 11.8 Å². The van der Waals surface area contributed by atoms with E-state index in [0.29, 0.717) is 6.54 Å². The SMILES string of the molecule is Cc1cc2ncn(Cc3sccc3C#CCN)c2cc1C. The second-order valence-corrected chi connectivity index (χ2v) is 6.06. The molecule has 0 saturated carbocycles. The van der Waals surface area contributed by atoms with Gasteiger partial charge in [-0.3, -0.25) is 0 Å². The zero-order chi connectivity index (χ0) is 14.8. The van der Waals surface area contributed by atoms with Gasteiger partial charge in [0.25, 0.3) is 0 Å². The number of hydrogen-bond acceptors (Lipinski definition) is 3. The molecule has 0 saturated heterocycles. The van der Waals surface area contributed by atoms with E-state index in [0.717, 1.165) is 17.6 Å². The highest BCUT2D eigenvalue weighted by Crippen LogP contribution is 2.22. The lowest BCUT2D eigenvalue weighted by Crippen LogP contribution is -1.98. The molecule has 0 aliphatic carbocycles. The number of benzene rings is 1. The number of hydrogen-bond donors (Lipinski definition) is 1. The first-order valence-corrected chi connectivity index (χ1v) is 7.74. The molecule has 2 N–H and O–H groups in total. The summed E-state index contributed by atoms with van der Waals surface area (Å²) >= 11 is 1.72. The highest BCUT2D eigenvalue weighted by molar-refractivity contribution is 7.10. The Hall–Kier alpha value is -2.09. The quantitative estimate of drug-likeness (QED) is 0.738. The number of thiophene rings is 1. The average molecular weight is 295 g/mol. The fourth-order valence-corrected chi connectivity index (χ4v) is 3.14. The second-order valence-electron chi connectivity index (χ2n) is 5.06. The summed E-state index contributed by atoms with van der Waals surface area (Å²) in [6.45, 7) is 5.44. The fourth-order valence-electron chi connectivity index (χ4n) is 2.31. The molecule has 3 rings (SSSR count). The van der Waals surface area contributed by atoms with Crippen molar-refractivity contribution in [2.75, 3.05) is 6.54 Å². The molecule has 3 nitrogen and oxygen atoms in total. The van der Waals surface area contributed by atoms with E-state index < -0.39 is 0 Å². The minimum atomic E-state index is 0.391. The van der Waals surface area contributed by atoms with Crippen LogP contribution in [0, 0.1) is 25.7 Å². The molecule has 3 aromatic rings. The molecule has 2 heterocycles. The molecule has 0 atom stereocenters. The number of nitrogens with two attached hydrogens (primary N) is 1. The summed E-state index contributed by atoms with van der Waals surface area (Å²) in [4.78, 5) is 5.75. The molecular weight excluding hydrogens is 278 g/mol. The Morgan fingerprint density at radius 2 is 2.10 bits per heavy atom. The summed E-state index contributed by atoms with van der Waals surface area (Å²) in [6, 6.07) is 6.40. The summed E-state index contributed by atoms with van der Waals surface area (Å²) in [7, 11) is 0. The van der Waals surface area contributed by atoms with Crippen LogP contribution in [0.1, 0.15) is 21.6 Å². The maximum absolute atomic E-state index is 5.45. The maximum Gasteiger partial charge on any atom is 0.0961 e. The van der Waals surface area contributed by atoms with Crippen molar-refractivity contribution in [1.29, 1.82) is 0 Å². The van der Waals surface area contributed by atoms with Crippen LogP contribution in [0.25, 0.3) is 11.0 Å². The van der Waals surface area contributed by atoms with Crippen molar-refractivity contribution in [3.63, 3.8) is 0 Å². The van der Waals surface area contributed by atoms with Crippen molar-refractivity contribution in [2.24, 2.45) is 5.73 Å². The van der Waals surface area contributed by atoms with Gasteiger partial charge in [-0.1, -0.05) is 11.8 Å². The van der Waals surface area contributed by atoms with Gasteiger partial charge in [0.2, 0.25) is 0 Å². The molecule has 0 fully saturated rings. The molecular formula is C17H17N3S. The largest absolute Gasteiger partial charge is 0.325 e. The first-order chi connectivity index (χ1) is 10.2. The van der Waals surface area contributed by atoms with Crippen LogP contribution in [0.15, 0.2) is 29.9 Å². The third-order valence-corrected chi connectivity index (χ3v) is 4.53. The third-order valence-electron chi connectivity index (χ3n) is 3.62. The highest BCUT2D eigenvalue weighted by atomic mass is 32.1. The Bertz CT molecular complexity index is 846. The molecule has 21 heavy (non-hydrogen) atoms. The molecule has 0 spiro atoms. The van der Waals surface area contributed by atoms with Gasteiger partial charge in [0.05, 0.1) is 30.5 Å². The van der Waals surface area contributed by atoms with E-state index in [4.69, 9.17) is 5.73 Å². The first-order valence-electron chi connectivity index (χ1n) is 6.86. The van der Waals surface area contributed by atoms with Crippen LogP contribution in [0.4, 0.5) is 0 Å². The van der Waals surface area contributed by atoms with Crippen LogP contribution in [0.3, 0.4) is 0 Å². The molecule has 1 aromatic carbocycles. The number of aryl methyl sites for hydroxylation is 2. The van der Waals surface area contributed by atoms with E-state index in [1.165, 1.54) is 21.5 Å². The van der Waals surface area contributed by atoms with Crippen LogP contribution >= 0.6 is 11.3 Å². The van der Waals surface area contributed by atoms with Gasteiger partial charge in [0.15, 0.2) is 0 Å². The van der Waals surface area contributed by atoms with E-state index >= 15 is 0 Å². The molecule has 2 aromatic heterocycles. The molecule has 0 aliphatic rings. The minimum Gasteiger partial charge on any atom is -0.325 e. The molecule has 0 amide bonds. The number of rotatable bonds is 2. The average Bonchev–Trinajstić information content (AvgIpc) is 3.06. The van der Waals surface area contributed by atoms with E-state index in [2.05, 4.69) is 58.8 Å². The van der Waals surface area contributed by atoms with Gasteiger partial charge in [0.1, 0.15) is 0 Å². The predicted molar refractivity (Wildman–Crippen MR) is 88.6 cm³/mol. The monoisotopic (exact) mass is 295 g/mol. The van der Waals surface area contributed by atoms with Crippen molar-refractivity contribution in [2.45, 2.75) is 20.4 Å². The van der Waals surface area contributed by atoms with Gasteiger partial charge in [-0.15, -0.1) is 11.3 Å². The zero-order valence-corrected chi connectivity index (χ0v) is 13.0. The minimum absolute atomic E-state index is 0.391. The summed E-state index contributed by atoms with van der Waals surface area (Å²) in [5.74, 6) is 6.06. The van der Waals surface area contributed by atoms with Crippen molar-refractivity contribution >= 4 is 22.4 Å². The lowest BCUT2D eigenvalue weighted by molar-refractivity contribution is 0.836. The van der Waals surface area contributed by atoms with E-state index in [-0.39, 0.29) is 0 Å². The number of aromatic nitrogens is 2. The lowest BCUT2D eigenvalue weighted by Gasteiger charge is -2.05. The van der Waals surface area contributed by atoms with Crippen LogP contribution < -0.4 is 5.73 Å². The topological polar surface area (TPSA) is 43.8 Å². The van der Waals surface area contributed by atoms with Gasteiger partial charge in [0, 0.05) is 10.4 Å². The molecule has 0 bridgehead atoms. The van der Waals surface area contributed by atoms with E-state index in [9.17, 15) is 0 Å². The van der Waals surface area contributed by atoms with E-state index in [1.54, 1.807) is 11.3 Å². The van der Waals surface area contributed by atoms with Crippen LogP contribution in [0.5, 0.6) is 0 Å². The Labute approximate surface area is 128 Å². The predicted octanol–water partition coefficient (Wildman–Crippen LogP) is 3.07. The lowest BCUT2D eigenvalue weighted by atomic mass is 10.1. The maximum atomic E-state index is 5.45. The van der Waals surface area contributed by atoms with Gasteiger partial charge >= 0.3 is 0 Å². The molecule has 106 valence electrons. The Morgan fingerprint density at radius 3 is 2.90 bits per heavy atom. The molecule has 0 radical (unpaired) electrons. The number of imidazole rings is 1. The first kappa shape index (κ1) is 13.9. The smallest absolute Gasteiger partial charge is 0.0961 e. The number of fused-ring (bicyclic) bond motifs is 1. The van der Waals surface area contributed by atoms with Crippen LogP contribution in [0.2, 0.25) is 0 Å². The second kappa shape index (κ2) is 5.72. The Balaban J connectivity index is 1.99. The summed E-state index contributed by atoms with van der Waals surface area (Å²) in [5, 5.41) is 2.07. The van der Waals surface area contributed by atoms with Gasteiger partial charge in [-0.05, 0) is 48.6 Å². The van der Waals surface area contributed by atoms with Gasteiger partial charge in [-0.25, -0.2) is 4.98 Å². The highest BCUT2D eigenvalue weighted by Gasteiger charge is 2.08.